The number of guanidine groups is 1. The van der Waals surface area contributed by atoms with Gasteiger partial charge in [-0.25, -0.2) is 13.8 Å². The summed E-state index contributed by atoms with van der Waals surface area (Å²) in [6.45, 7) is 5.58. The van der Waals surface area contributed by atoms with Crippen LogP contribution in [0.4, 0.5) is 14.5 Å². The van der Waals surface area contributed by atoms with Crippen LogP contribution in [0.5, 0.6) is 0 Å². The number of hydrogen-bond donors (Lipinski definition) is 2. The first kappa shape index (κ1) is 13.9. The second-order valence-corrected chi connectivity index (χ2v) is 5.39. The molecule has 0 saturated heterocycles. The molecule has 0 fully saturated rings. The SMILES string of the molecule is CC(C)(C)N=C(N)Nc1c(F)cc(F)cc1Br. The van der Waals surface area contributed by atoms with Gasteiger partial charge in [0.05, 0.1) is 11.2 Å². The van der Waals surface area contributed by atoms with Crippen LogP contribution in [0.15, 0.2) is 21.6 Å². The lowest BCUT2D eigenvalue weighted by molar-refractivity contribution is 0.579. The zero-order chi connectivity index (χ0) is 13.2. The van der Waals surface area contributed by atoms with Crippen LogP contribution in [-0.4, -0.2) is 11.5 Å². The predicted molar refractivity (Wildman–Crippen MR) is 69.1 cm³/mol. The Hall–Kier alpha value is -1.17. The number of nitrogens with one attached hydrogen (secondary N) is 1. The molecular weight excluding hydrogens is 292 g/mol. The van der Waals surface area contributed by atoms with Crippen molar-refractivity contribution in [2.24, 2.45) is 10.7 Å². The van der Waals surface area contributed by atoms with E-state index in [0.29, 0.717) is 0 Å². The monoisotopic (exact) mass is 305 g/mol. The van der Waals surface area contributed by atoms with Crippen LogP contribution < -0.4 is 11.1 Å². The summed E-state index contributed by atoms with van der Waals surface area (Å²) < 4.78 is 26.6. The van der Waals surface area contributed by atoms with Gasteiger partial charge >= 0.3 is 0 Å². The van der Waals surface area contributed by atoms with E-state index in [2.05, 4.69) is 26.2 Å². The first-order valence-corrected chi connectivity index (χ1v) is 5.75. The quantitative estimate of drug-likeness (QED) is 0.618. The third-order valence-electron chi connectivity index (χ3n) is 1.72. The number of halogens is 3. The van der Waals surface area contributed by atoms with E-state index in [1.165, 1.54) is 0 Å². The summed E-state index contributed by atoms with van der Waals surface area (Å²) >= 11 is 3.05. The zero-order valence-electron chi connectivity index (χ0n) is 9.81. The number of hydrogen-bond acceptors (Lipinski definition) is 1. The van der Waals surface area contributed by atoms with Gasteiger partial charge in [-0.15, -0.1) is 0 Å². The van der Waals surface area contributed by atoms with Crippen LogP contribution >= 0.6 is 15.9 Å². The Morgan fingerprint density at radius 1 is 1.35 bits per heavy atom. The fourth-order valence-electron chi connectivity index (χ4n) is 1.18. The van der Waals surface area contributed by atoms with E-state index in [0.717, 1.165) is 12.1 Å². The van der Waals surface area contributed by atoms with Crippen molar-refractivity contribution in [3.05, 3.63) is 28.2 Å². The molecule has 0 aliphatic rings. The highest BCUT2D eigenvalue weighted by atomic mass is 79.9. The summed E-state index contributed by atoms with van der Waals surface area (Å²) in [5, 5.41) is 2.60. The van der Waals surface area contributed by atoms with E-state index in [1.54, 1.807) is 0 Å². The van der Waals surface area contributed by atoms with Gasteiger partial charge in [0.2, 0.25) is 0 Å². The molecule has 0 aliphatic heterocycles. The van der Waals surface area contributed by atoms with Gasteiger partial charge in [0.1, 0.15) is 5.82 Å². The summed E-state index contributed by atoms with van der Waals surface area (Å²) in [4.78, 5) is 4.11. The minimum absolute atomic E-state index is 0.0666. The van der Waals surface area contributed by atoms with E-state index >= 15 is 0 Å². The molecule has 6 heteroatoms. The Morgan fingerprint density at radius 3 is 2.41 bits per heavy atom. The second kappa shape index (κ2) is 5.00. The van der Waals surface area contributed by atoms with Crippen molar-refractivity contribution >= 4 is 27.6 Å². The highest BCUT2D eigenvalue weighted by Gasteiger charge is 2.12. The highest BCUT2D eigenvalue weighted by Crippen LogP contribution is 2.26. The van der Waals surface area contributed by atoms with Crippen LogP contribution in [0.1, 0.15) is 20.8 Å². The largest absolute Gasteiger partial charge is 0.370 e. The van der Waals surface area contributed by atoms with E-state index in [-0.39, 0.29) is 21.7 Å². The molecular formula is C11H14BrF2N3. The van der Waals surface area contributed by atoms with Crippen LogP contribution in [-0.2, 0) is 0 Å². The molecule has 3 N–H and O–H groups in total. The fourth-order valence-corrected chi connectivity index (χ4v) is 1.69. The van der Waals surface area contributed by atoms with E-state index in [9.17, 15) is 8.78 Å². The van der Waals surface area contributed by atoms with Gasteiger partial charge in [0, 0.05) is 10.5 Å². The number of rotatable bonds is 1. The number of benzene rings is 1. The number of nitrogens with zero attached hydrogens (tertiary/aromatic N) is 1. The van der Waals surface area contributed by atoms with Crippen molar-refractivity contribution in [3.63, 3.8) is 0 Å². The molecule has 3 nitrogen and oxygen atoms in total. The molecule has 1 rings (SSSR count). The van der Waals surface area contributed by atoms with E-state index in [4.69, 9.17) is 5.73 Å². The first-order valence-electron chi connectivity index (χ1n) is 4.96. The molecule has 0 spiro atoms. The molecule has 1 aromatic rings. The van der Waals surface area contributed by atoms with Crippen molar-refractivity contribution in [2.75, 3.05) is 5.32 Å². The topological polar surface area (TPSA) is 50.4 Å². The number of anilines is 1. The zero-order valence-corrected chi connectivity index (χ0v) is 11.4. The molecule has 0 radical (unpaired) electrons. The summed E-state index contributed by atoms with van der Waals surface area (Å²) in [6.07, 6.45) is 0. The molecule has 0 aromatic heterocycles. The number of nitrogens with two attached hydrogens (primary N) is 1. The highest BCUT2D eigenvalue weighted by molar-refractivity contribution is 9.10. The van der Waals surface area contributed by atoms with Gasteiger partial charge in [-0.05, 0) is 42.8 Å². The average molecular weight is 306 g/mol. The van der Waals surface area contributed by atoms with Crippen molar-refractivity contribution in [1.82, 2.24) is 0 Å². The summed E-state index contributed by atoms with van der Waals surface area (Å²) in [5.74, 6) is -1.32. The van der Waals surface area contributed by atoms with Crippen molar-refractivity contribution in [1.29, 1.82) is 0 Å². The Kier molecular flexibility index (Phi) is 4.08. The molecule has 0 atom stereocenters. The summed E-state index contributed by atoms with van der Waals surface area (Å²) in [5.41, 5.74) is 5.32. The Bertz CT molecular complexity index is 430. The van der Waals surface area contributed by atoms with Crippen molar-refractivity contribution < 1.29 is 8.78 Å². The summed E-state index contributed by atoms with van der Waals surface area (Å²) in [6, 6.07) is 1.92. The van der Waals surface area contributed by atoms with Gasteiger partial charge in [-0.3, -0.25) is 0 Å². The van der Waals surface area contributed by atoms with Gasteiger partial charge < -0.3 is 11.1 Å². The van der Waals surface area contributed by atoms with E-state index in [1.807, 2.05) is 20.8 Å². The predicted octanol–water partition coefficient (Wildman–Crippen LogP) is 3.25. The van der Waals surface area contributed by atoms with Crippen molar-refractivity contribution in [2.45, 2.75) is 26.3 Å². The molecule has 0 bridgehead atoms. The van der Waals surface area contributed by atoms with Gasteiger partial charge in [0.25, 0.3) is 0 Å². The fraction of sp³-hybridized carbons (Fsp3) is 0.364. The molecule has 94 valence electrons. The van der Waals surface area contributed by atoms with Crippen LogP contribution in [0, 0.1) is 11.6 Å². The maximum absolute atomic E-state index is 13.5. The van der Waals surface area contributed by atoms with Crippen molar-refractivity contribution in [3.8, 4) is 0 Å². The maximum Gasteiger partial charge on any atom is 0.193 e. The molecule has 0 saturated carbocycles. The lowest BCUT2D eigenvalue weighted by Gasteiger charge is -2.15. The van der Waals surface area contributed by atoms with Gasteiger partial charge in [0.15, 0.2) is 11.8 Å². The summed E-state index contributed by atoms with van der Waals surface area (Å²) in [7, 11) is 0. The molecule has 1 aromatic carbocycles. The van der Waals surface area contributed by atoms with Crippen LogP contribution in [0.3, 0.4) is 0 Å². The molecule has 0 amide bonds. The Labute approximate surface area is 107 Å². The smallest absolute Gasteiger partial charge is 0.193 e. The second-order valence-electron chi connectivity index (χ2n) is 4.54. The number of aliphatic imine (C=N–C) groups is 1. The lowest BCUT2D eigenvalue weighted by Crippen LogP contribution is -2.28. The lowest BCUT2D eigenvalue weighted by atomic mass is 10.1. The minimum atomic E-state index is -0.732. The maximum atomic E-state index is 13.5. The Balaban J connectivity index is 3.01. The average Bonchev–Trinajstić information content (AvgIpc) is 2.08. The van der Waals surface area contributed by atoms with Crippen LogP contribution in [0.25, 0.3) is 0 Å². The standard InChI is InChI=1S/C11H14BrF2N3/c1-11(2,3)17-10(15)16-9-7(12)4-6(13)5-8(9)14/h4-5H,1-3H3,(H3,15,16,17). The third-order valence-corrected chi connectivity index (χ3v) is 2.34. The van der Waals surface area contributed by atoms with Gasteiger partial charge in [-0.1, -0.05) is 0 Å². The normalized spacial score (nSPS) is 12.7. The molecule has 0 heterocycles. The van der Waals surface area contributed by atoms with Gasteiger partial charge in [-0.2, -0.15) is 0 Å². The first-order chi connectivity index (χ1) is 7.69. The molecule has 0 aliphatic carbocycles. The van der Waals surface area contributed by atoms with E-state index < -0.39 is 11.6 Å². The Morgan fingerprint density at radius 2 is 1.94 bits per heavy atom. The minimum Gasteiger partial charge on any atom is -0.370 e. The third kappa shape index (κ3) is 4.30. The van der Waals surface area contributed by atoms with Crippen LogP contribution in [0.2, 0.25) is 0 Å². The molecule has 17 heavy (non-hydrogen) atoms. The molecule has 0 unspecified atom stereocenters.